The van der Waals surface area contributed by atoms with Crippen molar-refractivity contribution in [1.29, 1.82) is 0 Å². The first-order valence-corrected chi connectivity index (χ1v) is 7.89. The Kier molecular flexibility index (Phi) is 4.34. The quantitative estimate of drug-likeness (QED) is 0.365. The fourth-order valence-corrected chi connectivity index (χ4v) is 2.44. The Morgan fingerprint density at radius 3 is 2.75 bits per heavy atom. The number of para-hydroxylation sites is 1. The highest BCUT2D eigenvalue weighted by atomic mass is 16.5. The molecule has 1 heterocycles. The van der Waals surface area contributed by atoms with Crippen molar-refractivity contribution in [2.24, 2.45) is 5.92 Å². The molecule has 0 bridgehead atoms. The van der Waals surface area contributed by atoms with Crippen LogP contribution in [0.5, 0.6) is 0 Å². The predicted molar refractivity (Wildman–Crippen MR) is 89.6 cm³/mol. The average Bonchev–Trinajstić information content (AvgIpc) is 3.34. The lowest BCUT2D eigenvalue weighted by Crippen LogP contribution is -2.15. The standard InChI is InChI=1S/C19H18O5/c1-11-8-17(21)15-5-3-4-14(18(15)24-11)9-16(12(2)20)19(22)23-10-13-6-7-13/h3-5,8-9,13H,6-7,10H2,1-2H3/b16-9-. The number of aryl methyl sites for hydroxylation is 1. The summed E-state index contributed by atoms with van der Waals surface area (Å²) in [4.78, 5) is 36.1. The topological polar surface area (TPSA) is 73.6 Å². The van der Waals surface area contributed by atoms with Crippen LogP contribution in [0.1, 0.15) is 31.1 Å². The predicted octanol–water partition coefficient (Wildman–Crippen LogP) is 3.03. The van der Waals surface area contributed by atoms with Crippen LogP contribution >= 0.6 is 0 Å². The van der Waals surface area contributed by atoms with Gasteiger partial charge >= 0.3 is 5.97 Å². The summed E-state index contributed by atoms with van der Waals surface area (Å²) >= 11 is 0. The van der Waals surface area contributed by atoms with E-state index in [0.29, 0.717) is 34.8 Å². The first kappa shape index (κ1) is 16.2. The van der Waals surface area contributed by atoms with Crippen LogP contribution in [0.3, 0.4) is 0 Å². The van der Waals surface area contributed by atoms with Gasteiger partial charge in [-0.1, -0.05) is 12.1 Å². The van der Waals surface area contributed by atoms with Crippen molar-refractivity contribution in [1.82, 2.24) is 0 Å². The molecule has 24 heavy (non-hydrogen) atoms. The van der Waals surface area contributed by atoms with Crippen molar-refractivity contribution >= 4 is 28.8 Å². The van der Waals surface area contributed by atoms with E-state index in [-0.39, 0.29) is 16.8 Å². The Balaban J connectivity index is 2.03. The van der Waals surface area contributed by atoms with Gasteiger partial charge in [-0.05, 0) is 44.7 Å². The summed E-state index contributed by atoms with van der Waals surface area (Å²) in [5, 5.41) is 0.406. The smallest absolute Gasteiger partial charge is 0.341 e. The first-order chi connectivity index (χ1) is 11.5. The van der Waals surface area contributed by atoms with Crippen molar-refractivity contribution in [3.05, 3.63) is 51.4 Å². The highest BCUT2D eigenvalue weighted by Crippen LogP contribution is 2.29. The Bertz CT molecular complexity index is 900. The lowest BCUT2D eigenvalue weighted by Gasteiger charge is -2.07. The molecule has 0 aliphatic heterocycles. The molecule has 0 unspecified atom stereocenters. The number of benzene rings is 1. The van der Waals surface area contributed by atoms with Gasteiger partial charge in [-0.25, -0.2) is 4.79 Å². The van der Waals surface area contributed by atoms with Crippen molar-refractivity contribution in [2.75, 3.05) is 6.61 Å². The second-order valence-corrected chi connectivity index (χ2v) is 6.10. The van der Waals surface area contributed by atoms with Gasteiger partial charge in [-0.3, -0.25) is 9.59 Å². The van der Waals surface area contributed by atoms with Crippen molar-refractivity contribution in [2.45, 2.75) is 26.7 Å². The van der Waals surface area contributed by atoms with Crippen LogP contribution in [0.4, 0.5) is 0 Å². The Morgan fingerprint density at radius 2 is 2.08 bits per heavy atom. The Labute approximate surface area is 138 Å². The van der Waals surface area contributed by atoms with E-state index in [1.54, 1.807) is 25.1 Å². The summed E-state index contributed by atoms with van der Waals surface area (Å²) in [5.41, 5.74) is 0.648. The maximum Gasteiger partial charge on any atom is 0.341 e. The third-order valence-corrected chi connectivity index (χ3v) is 3.95. The van der Waals surface area contributed by atoms with Gasteiger partial charge in [0, 0.05) is 11.6 Å². The van der Waals surface area contributed by atoms with Gasteiger partial charge in [-0.2, -0.15) is 0 Å². The molecule has 1 aromatic carbocycles. The second kappa shape index (κ2) is 6.43. The molecule has 1 fully saturated rings. The van der Waals surface area contributed by atoms with Crippen LogP contribution in [0.25, 0.3) is 17.0 Å². The van der Waals surface area contributed by atoms with Crippen LogP contribution in [-0.4, -0.2) is 18.4 Å². The Hall–Kier alpha value is -2.69. The third-order valence-electron chi connectivity index (χ3n) is 3.95. The molecule has 0 radical (unpaired) electrons. The van der Waals surface area contributed by atoms with Crippen molar-refractivity contribution < 1.29 is 18.7 Å². The normalized spacial score (nSPS) is 14.7. The number of hydrogen-bond acceptors (Lipinski definition) is 5. The number of Topliss-reactive ketones (excluding diaryl/α,β-unsaturated/α-hetero) is 1. The fraction of sp³-hybridized carbons (Fsp3) is 0.316. The van der Waals surface area contributed by atoms with Crippen LogP contribution in [0.2, 0.25) is 0 Å². The summed E-state index contributed by atoms with van der Waals surface area (Å²) in [7, 11) is 0. The lowest BCUT2D eigenvalue weighted by atomic mass is 10.1. The average molecular weight is 326 g/mol. The van der Waals surface area contributed by atoms with Gasteiger partial charge in [-0.15, -0.1) is 0 Å². The van der Waals surface area contributed by atoms with E-state index in [1.807, 2.05) is 0 Å². The van der Waals surface area contributed by atoms with E-state index < -0.39 is 5.97 Å². The number of rotatable bonds is 5. The van der Waals surface area contributed by atoms with Gasteiger partial charge in [0.25, 0.3) is 0 Å². The molecule has 0 amide bonds. The third kappa shape index (κ3) is 3.45. The summed E-state index contributed by atoms with van der Waals surface area (Å²) in [5.74, 6) is -0.140. The highest BCUT2D eigenvalue weighted by molar-refractivity contribution is 6.20. The van der Waals surface area contributed by atoms with Crippen molar-refractivity contribution in [3.8, 4) is 0 Å². The molecule has 1 saturated carbocycles. The number of carbonyl (C=O) groups excluding carboxylic acids is 2. The molecule has 0 saturated heterocycles. The van der Waals surface area contributed by atoms with Gasteiger partial charge in [0.1, 0.15) is 16.9 Å². The van der Waals surface area contributed by atoms with Gasteiger partial charge in [0.05, 0.1) is 12.0 Å². The molecule has 5 nitrogen and oxygen atoms in total. The van der Waals surface area contributed by atoms with Gasteiger partial charge in [0.2, 0.25) is 0 Å². The van der Waals surface area contributed by atoms with Crippen LogP contribution in [0.15, 0.2) is 39.1 Å². The first-order valence-electron chi connectivity index (χ1n) is 7.89. The minimum absolute atomic E-state index is 0.0488. The molecule has 2 aromatic rings. The minimum atomic E-state index is -0.638. The number of ether oxygens (including phenoxy) is 1. The number of hydrogen-bond donors (Lipinski definition) is 0. The van der Waals surface area contributed by atoms with Crippen LogP contribution in [0, 0.1) is 12.8 Å². The fourth-order valence-electron chi connectivity index (χ4n) is 2.44. The van der Waals surface area contributed by atoms with E-state index in [4.69, 9.17) is 9.15 Å². The maximum atomic E-state index is 12.2. The zero-order valence-electron chi connectivity index (χ0n) is 13.6. The summed E-state index contributed by atoms with van der Waals surface area (Å²) in [6.45, 7) is 3.33. The molecule has 1 aliphatic carbocycles. The maximum absolute atomic E-state index is 12.2. The number of ketones is 1. The van der Waals surface area contributed by atoms with Gasteiger partial charge in [0.15, 0.2) is 11.2 Å². The second-order valence-electron chi connectivity index (χ2n) is 6.10. The molecule has 0 N–H and O–H groups in total. The monoisotopic (exact) mass is 326 g/mol. The summed E-state index contributed by atoms with van der Waals surface area (Å²) < 4.78 is 10.8. The summed E-state index contributed by atoms with van der Waals surface area (Å²) in [6, 6.07) is 6.44. The van der Waals surface area contributed by atoms with E-state index >= 15 is 0 Å². The van der Waals surface area contributed by atoms with E-state index in [1.165, 1.54) is 19.1 Å². The highest BCUT2D eigenvalue weighted by Gasteiger charge is 2.25. The van der Waals surface area contributed by atoms with E-state index in [0.717, 1.165) is 12.8 Å². The number of carbonyl (C=O) groups is 2. The molecule has 3 rings (SSSR count). The van der Waals surface area contributed by atoms with Gasteiger partial charge < -0.3 is 9.15 Å². The van der Waals surface area contributed by atoms with E-state index in [2.05, 4.69) is 0 Å². The van der Waals surface area contributed by atoms with Crippen LogP contribution < -0.4 is 5.43 Å². The number of esters is 1. The molecular weight excluding hydrogens is 308 g/mol. The molecule has 0 spiro atoms. The van der Waals surface area contributed by atoms with E-state index in [9.17, 15) is 14.4 Å². The molecule has 5 heteroatoms. The zero-order valence-corrected chi connectivity index (χ0v) is 13.6. The largest absolute Gasteiger partial charge is 0.462 e. The van der Waals surface area contributed by atoms with Crippen LogP contribution in [-0.2, 0) is 14.3 Å². The molecular formula is C19H18O5. The molecule has 124 valence electrons. The Morgan fingerprint density at radius 1 is 1.33 bits per heavy atom. The minimum Gasteiger partial charge on any atom is -0.462 e. The SMILES string of the molecule is CC(=O)/C(=C/c1cccc2c(=O)cc(C)oc12)C(=O)OCC1CC1. The van der Waals surface area contributed by atoms with Crippen molar-refractivity contribution in [3.63, 3.8) is 0 Å². The molecule has 1 aromatic heterocycles. The summed E-state index contributed by atoms with van der Waals surface area (Å²) in [6.07, 6.45) is 3.54. The molecule has 0 atom stereocenters. The zero-order chi connectivity index (χ0) is 17.3. The molecule has 1 aliphatic rings. The number of fused-ring (bicyclic) bond motifs is 1. The lowest BCUT2D eigenvalue weighted by molar-refractivity contribution is -0.140.